The first kappa shape index (κ1) is 24.8. The van der Waals surface area contributed by atoms with Gasteiger partial charge in [-0.1, -0.05) is 42.5 Å². The first-order valence-electron chi connectivity index (χ1n) is 12.8. The lowest BCUT2D eigenvalue weighted by atomic mass is 9.93. The Labute approximate surface area is 215 Å². The van der Waals surface area contributed by atoms with Crippen molar-refractivity contribution in [3.05, 3.63) is 87.0 Å². The third-order valence-electron chi connectivity index (χ3n) is 7.26. The molecular formula is C28H32N6O3. The number of H-pyrrole nitrogens is 1. The number of nitrogens with one attached hydrogen (secondary N) is 1. The van der Waals surface area contributed by atoms with Crippen LogP contribution >= 0.6 is 0 Å². The van der Waals surface area contributed by atoms with Crippen LogP contribution in [0.3, 0.4) is 0 Å². The minimum Gasteiger partial charge on any atom is -0.466 e. The van der Waals surface area contributed by atoms with Crippen molar-refractivity contribution in [1.82, 2.24) is 30.1 Å². The maximum atomic E-state index is 13.6. The predicted octanol–water partition coefficient (Wildman–Crippen LogP) is 3.54. The van der Waals surface area contributed by atoms with Crippen molar-refractivity contribution >= 4 is 16.9 Å². The lowest BCUT2D eigenvalue weighted by Gasteiger charge is -2.36. The highest BCUT2D eigenvalue weighted by atomic mass is 16.5. The number of esters is 1. The van der Waals surface area contributed by atoms with Gasteiger partial charge in [-0.05, 0) is 66.8 Å². The molecule has 1 saturated heterocycles. The smallest absolute Gasteiger partial charge is 0.309 e. The largest absolute Gasteiger partial charge is 0.466 e. The zero-order valence-corrected chi connectivity index (χ0v) is 21.5. The molecule has 5 rings (SSSR count). The fraction of sp³-hybridized carbons (Fsp3) is 0.393. The molecule has 1 N–H and O–H groups in total. The van der Waals surface area contributed by atoms with Gasteiger partial charge in [0.25, 0.3) is 5.56 Å². The molecule has 1 aliphatic rings. The number of rotatable bonds is 7. The van der Waals surface area contributed by atoms with Crippen molar-refractivity contribution in [1.29, 1.82) is 0 Å². The van der Waals surface area contributed by atoms with E-state index in [-0.39, 0.29) is 17.4 Å². The van der Waals surface area contributed by atoms with E-state index in [1.165, 1.54) is 0 Å². The summed E-state index contributed by atoms with van der Waals surface area (Å²) in [6.45, 7) is 7.97. The second-order valence-electron chi connectivity index (χ2n) is 9.69. The molecule has 192 valence electrons. The van der Waals surface area contributed by atoms with Crippen molar-refractivity contribution in [3.8, 4) is 0 Å². The first-order chi connectivity index (χ1) is 18.0. The molecule has 0 amide bonds. The van der Waals surface area contributed by atoms with Crippen LogP contribution in [0.5, 0.6) is 0 Å². The number of piperidine rings is 1. The lowest BCUT2D eigenvalue weighted by molar-refractivity contribution is -0.149. The van der Waals surface area contributed by atoms with Gasteiger partial charge in [0.15, 0.2) is 5.82 Å². The van der Waals surface area contributed by atoms with Crippen LogP contribution in [0.15, 0.2) is 53.3 Å². The van der Waals surface area contributed by atoms with Gasteiger partial charge in [-0.3, -0.25) is 14.5 Å². The lowest BCUT2D eigenvalue weighted by Crippen LogP contribution is -2.42. The number of tetrazole rings is 1. The molecule has 1 aliphatic heterocycles. The van der Waals surface area contributed by atoms with E-state index in [2.05, 4.69) is 31.5 Å². The molecule has 0 aliphatic carbocycles. The highest BCUT2D eigenvalue weighted by Crippen LogP contribution is 2.32. The first-order valence-corrected chi connectivity index (χ1v) is 12.8. The summed E-state index contributed by atoms with van der Waals surface area (Å²) >= 11 is 0. The SMILES string of the molecule is CCOC(=O)C1CCN([C@@H](c2cc3c(C)ccc(C)c3[nH]c2=O)c2nnnn2Cc2ccccc2)CC1. The Morgan fingerprint density at radius 2 is 1.84 bits per heavy atom. The number of carbonyl (C=O) groups excluding carboxylic acids is 1. The van der Waals surface area contributed by atoms with Gasteiger partial charge in [-0.15, -0.1) is 5.10 Å². The molecule has 9 heteroatoms. The number of pyridine rings is 1. The number of aromatic amines is 1. The molecule has 0 radical (unpaired) electrons. The van der Waals surface area contributed by atoms with Crippen molar-refractivity contribution in [3.63, 3.8) is 0 Å². The molecule has 4 aromatic rings. The van der Waals surface area contributed by atoms with E-state index in [0.717, 1.165) is 27.6 Å². The third-order valence-corrected chi connectivity index (χ3v) is 7.26. The normalized spacial score (nSPS) is 15.6. The fourth-order valence-corrected chi connectivity index (χ4v) is 5.22. The minimum absolute atomic E-state index is 0.142. The molecule has 2 aromatic heterocycles. The molecule has 37 heavy (non-hydrogen) atoms. The number of hydrogen-bond acceptors (Lipinski definition) is 7. The van der Waals surface area contributed by atoms with Crippen LogP contribution in [0.4, 0.5) is 0 Å². The number of fused-ring (bicyclic) bond motifs is 1. The molecular weight excluding hydrogens is 468 g/mol. The predicted molar refractivity (Wildman–Crippen MR) is 140 cm³/mol. The number of carbonyl (C=O) groups is 1. The van der Waals surface area contributed by atoms with Crippen molar-refractivity contribution in [2.75, 3.05) is 19.7 Å². The van der Waals surface area contributed by atoms with Crippen LogP contribution in [0.1, 0.15) is 53.9 Å². The van der Waals surface area contributed by atoms with Crippen LogP contribution in [-0.2, 0) is 16.1 Å². The van der Waals surface area contributed by atoms with Crippen LogP contribution < -0.4 is 5.56 Å². The molecule has 0 spiro atoms. The molecule has 0 unspecified atom stereocenters. The van der Waals surface area contributed by atoms with E-state index in [1.54, 1.807) is 4.68 Å². The van der Waals surface area contributed by atoms with Gasteiger partial charge in [0.2, 0.25) is 0 Å². The maximum Gasteiger partial charge on any atom is 0.309 e. The zero-order valence-electron chi connectivity index (χ0n) is 21.5. The Hall–Kier alpha value is -3.85. The van der Waals surface area contributed by atoms with E-state index in [1.807, 2.05) is 63.2 Å². The molecule has 0 bridgehead atoms. The number of aromatic nitrogens is 5. The monoisotopic (exact) mass is 500 g/mol. The Kier molecular flexibility index (Phi) is 7.14. The van der Waals surface area contributed by atoms with Gasteiger partial charge in [0, 0.05) is 24.0 Å². The average Bonchev–Trinajstić information content (AvgIpc) is 3.35. The highest BCUT2D eigenvalue weighted by molar-refractivity contribution is 5.85. The van der Waals surface area contributed by atoms with E-state index in [4.69, 9.17) is 4.74 Å². The maximum absolute atomic E-state index is 13.6. The van der Waals surface area contributed by atoms with E-state index >= 15 is 0 Å². The number of ether oxygens (including phenoxy) is 1. The van der Waals surface area contributed by atoms with Gasteiger partial charge in [-0.2, -0.15) is 0 Å². The molecule has 2 aromatic carbocycles. The molecule has 1 atom stereocenters. The molecule has 3 heterocycles. The summed E-state index contributed by atoms with van der Waals surface area (Å²) in [5.74, 6) is 0.313. The fourth-order valence-electron chi connectivity index (χ4n) is 5.22. The van der Waals surface area contributed by atoms with Crippen LogP contribution in [0.2, 0.25) is 0 Å². The number of likely N-dealkylation sites (tertiary alicyclic amines) is 1. The number of nitrogens with zero attached hydrogens (tertiary/aromatic N) is 5. The second kappa shape index (κ2) is 10.6. The summed E-state index contributed by atoms with van der Waals surface area (Å²) < 4.78 is 7.03. The standard InChI is InChI=1S/C28H32N6O3/c1-4-37-28(36)21-12-14-33(15-13-21)25(26-30-31-32-34(26)17-20-8-6-5-7-9-20)23-16-22-18(2)10-11-19(3)24(22)29-27(23)35/h5-11,16,21,25H,4,12-15,17H2,1-3H3,(H,29,35)/t25-/m0/s1. The van der Waals surface area contributed by atoms with Gasteiger partial charge < -0.3 is 9.72 Å². The number of benzene rings is 2. The molecule has 0 saturated carbocycles. The average molecular weight is 501 g/mol. The Bertz CT molecular complexity index is 1450. The van der Waals surface area contributed by atoms with Gasteiger partial charge in [0.05, 0.1) is 24.6 Å². The van der Waals surface area contributed by atoms with Gasteiger partial charge in [-0.25, -0.2) is 4.68 Å². The zero-order chi connectivity index (χ0) is 25.9. The van der Waals surface area contributed by atoms with Gasteiger partial charge >= 0.3 is 5.97 Å². The topological polar surface area (TPSA) is 106 Å². The summed E-state index contributed by atoms with van der Waals surface area (Å²) in [5.41, 5.74) is 4.45. The summed E-state index contributed by atoms with van der Waals surface area (Å²) in [5, 5.41) is 13.7. The second-order valence-corrected chi connectivity index (χ2v) is 9.69. The van der Waals surface area contributed by atoms with Crippen LogP contribution in [0, 0.1) is 19.8 Å². The molecule has 1 fully saturated rings. The summed E-state index contributed by atoms with van der Waals surface area (Å²) in [4.78, 5) is 31.3. The quantitative estimate of drug-likeness (QED) is 0.387. The summed E-state index contributed by atoms with van der Waals surface area (Å²) in [6.07, 6.45) is 1.30. The minimum atomic E-state index is -0.463. The van der Waals surface area contributed by atoms with E-state index in [0.29, 0.717) is 50.5 Å². The van der Waals surface area contributed by atoms with Crippen LogP contribution in [-0.4, -0.2) is 55.8 Å². The third kappa shape index (κ3) is 5.04. The summed E-state index contributed by atoms with van der Waals surface area (Å²) in [6, 6.07) is 15.6. The van der Waals surface area contributed by atoms with Gasteiger partial charge in [0.1, 0.15) is 6.04 Å². The van der Waals surface area contributed by atoms with Crippen molar-refractivity contribution in [2.24, 2.45) is 5.92 Å². The van der Waals surface area contributed by atoms with Crippen LogP contribution in [0.25, 0.3) is 10.9 Å². The Morgan fingerprint density at radius 1 is 1.11 bits per heavy atom. The Balaban J connectivity index is 1.57. The Morgan fingerprint density at radius 3 is 2.57 bits per heavy atom. The summed E-state index contributed by atoms with van der Waals surface area (Å²) in [7, 11) is 0. The van der Waals surface area contributed by atoms with Crippen molar-refractivity contribution in [2.45, 2.75) is 46.2 Å². The highest BCUT2D eigenvalue weighted by Gasteiger charge is 2.35. The van der Waals surface area contributed by atoms with E-state index < -0.39 is 6.04 Å². The number of aryl methyl sites for hydroxylation is 2. The van der Waals surface area contributed by atoms with E-state index in [9.17, 15) is 9.59 Å². The molecule has 9 nitrogen and oxygen atoms in total. The van der Waals surface area contributed by atoms with Crippen molar-refractivity contribution < 1.29 is 9.53 Å². The number of hydrogen-bond donors (Lipinski definition) is 1.